The molecule has 0 spiro atoms. The lowest BCUT2D eigenvalue weighted by Crippen LogP contribution is -2.39. The van der Waals surface area contributed by atoms with Crippen LogP contribution < -0.4 is 4.90 Å². The fourth-order valence-electron chi connectivity index (χ4n) is 3.60. The van der Waals surface area contributed by atoms with Gasteiger partial charge in [-0.3, -0.25) is 0 Å². The van der Waals surface area contributed by atoms with Crippen LogP contribution in [-0.4, -0.2) is 18.1 Å². The molecule has 1 saturated carbocycles. The molecule has 0 radical (unpaired) electrons. The molecule has 0 saturated heterocycles. The van der Waals surface area contributed by atoms with Gasteiger partial charge in [-0.1, -0.05) is 44.0 Å². The molecule has 0 N–H and O–H groups in total. The minimum atomic E-state index is 0.464. The monoisotopic (exact) mass is 302 g/mol. The molecule has 112 valence electrons. The van der Waals surface area contributed by atoms with Crippen molar-refractivity contribution in [1.82, 2.24) is 4.98 Å². The third-order valence-electron chi connectivity index (χ3n) is 4.81. The van der Waals surface area contributed by atoms with Crippen LogP contribution in [0, 0.1) is 5.92 Å². The molecule has 21 heavy (non-hydrogen) atoms. The van der Waals surface area contributed by atoms with Crippen molar-refractivity contribution in [3.05, 3.63) is 36.0 Å². The molecule has 1 fully saturated rings. The Kier molecular flexibility index (Phi) is 4.34. The number of benzene rings is 1. The molecule has 2 aromatic rings. The highest BCUT2D eigenvalue weighted by molar-refractivity contribution is 6.17. The third kappa shape index (κ3) is 2.87. The van der Waals surface area contributed by atoms with Gasteiger partial charge in [-0.05, 0) is 30.2 Å². The molecular formula is C18H23ClN2. The lowest BCUT2D eigenvalue weighted by Gasteiger charge is -2.37. The van der Waals surface area contributed by atoms with Gasteiger partial charge in [0.25, 0.3) is 0 Å². The van der Waals surface area contributed by atoms with Crippen molar-refractivity contribution in [1.29, 1.82) is 0 Å². The highest BCUT2D eigenvalue weighted by Gasteiger charge is 2.26. The number of anilines is 1. The van der Waals surface area contributed by atoms with Gasteiger partial charge in [0.05, 0.1) is 11.6 Å². The molecule has 1 aromatic heterocycles. The van der Waals surface area contributed by atoms with Crippen LogP contribution in [0.15, 0.2) is 30.3 Å². The third-order valence-corrected chi connectivity index (χ3v) is 5.08. The molecule has 2 nitrogen and oxygen atoms in total. The first-order valence-corrected chi connectivity index (χ1v) is 8.41. The molecular weight excluding hydrogens is 280 g/mol. The summed E-state index contributed by atoms with van der Waals surface area (Å²) >= 11 is 6.04. The highest BCUT2D eigenvalue weighted by atomic mass is 35.5. The van der Waals surface area contributed by atoms with E-state index in [-0.39, 0.29) is 0 Å². The minimum absolute atomic E-state index is 0.464. The molecule has 3 heteroatoms. The van der Waals surface area contributed by atoms with Crippen molar-refractivity contribution >= 4 is 28.2 Å². The van der Waals surface area contributed by atoms with Crippen molar-refractivity contribution < 1.29 is 0 Å². The molecule has 1 aliphatic carbocycles. The second kappa shape index (κ2) is 6.23. The summed E-state index contributed by atoms with van der Waals surface area (Å²) in [5.74, 6) is 2.28. The Hall–Kier alpha value is -1.28. The Morgan fingerprint density at radius 3 is 2.76 bits per heavy atom. The molecule has 0 aliphatic heterocycles. The highest BCUT2D eigenvalue weighted by Crippen LogP contribution is 2.33. The predicted molar refractivity (Wildman–Crippen MR) is 91.1 cm³/mol. The molecule has 1 aliphatic rings. The van der Waals surface area contributed by atoms with E-state index in [1.165, 1.54) is 36.5 Å². The molecule has 0 bridgehead atoms. The summed E-state index contributed by atoms with van der Waals surface area (Å²) in [6.07, 6.45) is 5.27. The number of hydrogen-bond donors (Lipinski definition) is 0. The smallest absolute Gasteiger partial charge is 0.136 e. The zero-order valence-electron chi connectivity index (χ0n) is 12.8. The van der Waals surface area contributed by atoms with E-state index in [0.29, 0.717) is 11.9 Å². The van der Waals surface area contributed by atoms with Gasteiger partial charge >= 0.3 is 0 Å². The zero-order valence-corrected chi connectivity index (χ0v) is 13.6. The first-order valence-electron chi connectivity index (χ1n) is 7.88. The maximum atomic E-state index is 6.04. The first-order chi connectivity index (χ1) is 10.2. The van der Waals surface area contributed by atoms with Crippen molar-refractivity contribution in [2.75, 3.05) is 11.9 Å². The Balaban J connectivity index is 2.05. The number of fused-ring (bicyclic) bond motifs is 1. The fraction of sp³-hybridized carbons (Fsp3) is 0.500. The molecule has 1 aromatic carbocycles. The average Bonchev–Trinajstić information content (AvgIpc) is 2.53. The molecule has 2 atom stereocenters. The Bertz CT molecular complexity index is 626. The van der Waals surface area contributed by atoms with Crippen LogP contribution in [0.2, 0.25) is 0 Å². The van der Waals surface area contributed by atoms with Crippen molar-refractivity contribution in [2.24, 2.45) is 5.92 Å². The van der Waals surface area contributed by atoms with E-state index in [1.807, 2.05) is 0 Å². The van der Waals surface area contributed by atoms with Crippen LogP contribution in [0.1, 0.15) is 38.3 Å². The zero-order chi connectivity index (χ0) is 14.8. The quantitative estimate of drug-likeness (QED) is 0.743. The van der Waals surface area contributed by atoms with Crippen LogP contribution in [-0.2, 0) is 5.88 Å². The van der Waals surface area contributed by atoms with Crippen molar-refractivity contribution in [3.8, 4) is 0 Å². The van der Waals surface area contributed by atoms with E-state index in [4.69, 9.17) is 16.6 Å². The van der Waals surface area contributed by atoms with E-state index in [1.54, 1.807) is 0 Å². The summed E-state index contributed by atoms with van der Waals surface area (Å²) in [7, 11) is 2.19. The average molecular weight is 303 g/mol. The second-order valence-electron chi connectivity index (χ2n) is 6.23. The van der Waals surface area contributed by atoms with Gasteiger partial charge in [0.1, 0.15) is 5.82 Å². The first kappa shape index (κ1) is 14.6. The van der Waals surface area contributed by atoms with Gasteiger partial charge < -0.3 is 4.90 Å². The van der Waals surface area contributed by atoms with Crippen LogP contribution >= 0.6 is 11.6 Å². The summed E-state index contributed by atoms with van der Waals surface area (Å²) in [5, 5.41) is 2.46. The van der Waals surface area contributed by atoms with Crippen LogP contribution in [0.5, 0.6) is 0 Å². The summed E-state index contributed by atoms with van der Waals surface area (Å²) in [4.78, 5) is 7.21. The largest absolute Gasteiger partial charge is 0.356 e. The van der Waals surface area contributed by atoms with E-state index in [9.17, 15) is 0 Å². The lowest BCUT2D eigenvalue weighted by atomic mass is 9.85. The Morgan fingerprint density at radius 1 is 1.24 bits per heavy atom. The molecule has 1 heterocycles. The predicted octanol–water partition coefficient (Wildman–Crippen LogP) is 4.99. The van der Waals surface area contributed by atoms with Crippen LogP contribution in [0.4, 0.5) is 5.82 Å². The van der Waals surface area contributed by atoms with Crippen LogP contribution in [0.25, 0.3) is 10.8 Å². The van der Waals surface area contributed by atoms with Gasteiger partial charge in [-0.15, -0.1) is 11.6 Å². The van der Waals surface area contributed by atoms with Crippen LogP contribution in [0.3, 0.4) is 0 Å². The summed E-state index contributed by atoms with van der Waals surface area (Å²) in [6, 6.07) is 11.2. The van der Waals surface area contributed by atoms with E-state index >= 15 is 0 Å². The summed E-state index contributed by atoms with van der Waals surface area (Å²) in [5.41, 5.74) is 0.959. The normalized spacial score (nSPS) is 22.4. The Morgan fingerprint density at radius 2 is 2.00 bits per heavy atom. The topological polar surface area (TPSA) is 16.1 Å². The van der Waals surface area contributed by atoms with E-state index in [2.05, 4.69) is 49.2 Å². The summed E-state index contributed by atoms with van der Waals surface area (Å²) < 4.78 is 0. The van der Waals surface area contributed by atoms with E-state index in [0.717, 1.165) is 17.4 Å². The number of aromatic nitrogens is 1. The number of nitrogens with zero attached hydrogens (tertiary/aromatic N) is 2. The Labute approximate surface area is 132 Å². The summed E-state index contributed by atoms with van der Waals surface area (Å²) in [6.45, 7) is 2.37. The maximum Gasteiger partial charge on any atom is 0.136 e. The number of hydrogen-bond acceptors (Lipinski definition) is 2. The molecule has 0 amide bonds. The SMILES string of the molecule is CC1CCCCC1N(C)c1nc(CCl)cc2ccccc12. The van der Waals surface area contributed by atoms with Gasteiger partial charge in [0.2, 0.25) is 0 Å². The maximum absolute atomic E-state index is 6.04. The number of alkyl halides is 1. The standard InChI is InChI=1S/C18H23ClN2/c1-13-7-3-6-10-17(13)21(2)18-16-9-5-4-8-14(16)11-15(12-19)20-18/h4-5,8-9,11,13,17H,3,6-7,10,12H2,1-2H3. The number of pyridine rings is 1. The lowest BCUT2D eigenvalue weighted by molar-refractivity contribution is 0.321. The molecule has 3 rings (SSSR count). The van der Waals surface area contributed by atoms with Crippen molar-refractivity contribution in [3.63, 3.8) is 0 Å². The minimum Gasteiger partial charge on any atom is -0.356 e. The number of halogens is 1. The number of rotatable bonds is 3. The van der Waals surface area contributed by atoms with E-state index < -0.39 is 0 Å². The second-order valence-corrected chi connectivity index (χ2v) is 6.50. The molecule has 2 unspecified atom stereocenters. The van der Waals surface area contributed by atoms with Gasteiger partial charge in [0, 0.05) is 18.5 Å². The van der Waals surface area contributed by atoms with Gasteiger partial charge in [-0.25, -0.2) is 4.98 Å². The van der Waals surface area contributed by atoms with Crippen molar-refractivity contribution in [2.45, 2.75) is 44.5 Å². The van der Waals surface area contributed by atoms with Gasteiger partial charge in [0.15, 0.2) is 0 Å². The van der Waals surface area contributed by atoms with Gasteiger partial charge in [-0.2, -0.15) is 0 Å². The fourth-order valence-corrected chi connectivity index (χ4v) is 3.74.